The average molecular weight is 580 g/mol. The first-order valence-corrected chi connectivity index (χ1v) is 15.1. The van der Waals surface area contributed by atoms with Crippen molar-refractivity contribution >= 4 is 29.0 Å². The minimum Gasteiger partial charge on any atom is -0.477 e. The summed E-state index contributed by atoms with van der Waals surface area (Å²) in [6.07, 6.45) is 4.89. The molecule has 222 valence electrons. The maximum absolute atomic E-state index is 13.6. The van der Waals surface area contributed by atoms with E-state index >= 15 is 0 Å². The summed E-state index contributed by atoms with van der Waals surface area (Å²) in [5.74, 6) is -0.267. The van der Waals surface area contributed by atoms with Gasteiger partial charge in [0.05, 0.1) is 11.9 Å². The van der Waals surface area contributed by atoms with Crippen LogP contribution in [0, 0.1) is 19.3 Å². The number of benzene rings is 1. The van der Waals surface area contributed by atoms with Crippen LogP contribution in [0.15, 0.2) is 54.7 Å². The molecule has 0 radical (unpaired) electrons. The van der Waals surface area contributed by atoms with Crippen LogP contribution in [0.4, 0.5) is 11.5 Å². The Hall–Kier alpha value is -4.47. The number of hydrogen-bond donors (Lipinski definition) is 1. The first kappa shape index (κ1) is 27.4. The highest BCUT2D eigenvalue weighted by atomic mass is 16.4. The number of carboxylic acid groups (broad SMARTS) is 1. The quantitative estimate of drug-likeness (QED) is 0.372. The van der Waals surface area contributed by atoms with E-state index < -0.39 is 5.97 Å². The second-order valence-electron chi connectivity index (χ2n) is 13.0. The van der Waals surface area contributed by atoms with Gasteiger partial charge in [-0.2, -0.15) is 0 Å². The molecule has 3 fully saturated rings. The van der Waals surface area contributed by atoms with Gasteiger partial charge in [-0.1, -0.05) is 42.8 Å². The number of hydrogen-bond acceptors (Lipinski definition) is 7. The Morgan fingerprint density at radius 2 is 1.65 bits per heavy atom. The van der Waals surface area contributed by atoms with E-state index in [4.69, 9.17) is 0 Å². The molecule has 1 N–H and O–H groups in total. The molecule has 7 rings (SSSR count). The highest BCUT2D eigenvalue weighted by molar-refractivity contribution is 5.91. The van der Waals surface area contributed by atoms with Crippen molar-refractivity contribution in [1.29, 1.82) is 0 Å². The van der Waals surface area contributed by atoms with Gasteiger partial charge in [-0.25, -0.2) is 19.3 Å². The lowest BCUT2D eigenvalue weighted by atomic mass is 9.81. The summed E-state index contributed by atoms with van der Waals surface area (Å²) in [6.45, 7) is 11.2. The van der Waals surface area contributed by atoms with Crippen molar-refractivity contribution in [2.75, 3.05) is 49.1 Å². The second kappa shape index (κ2) is 10.1. The highest BCUT2D eigenvalue weighted by Crippen LogP contribution is 2.41. The third-order valence-electron chi connectivity index (χ3n) is 9.82. The number of amides is 1. The molecule has 3 aliphatic rings. The molecule has 2 atom stereocenters. The lowest BCUT2D eigenvalue weighted by Crippen LogP contribution is -2.34. The van der Waals surface area contributed by atoms with Crippen molar-refractivity contribution < 1.29 is 14.7 Å². The number of pyridine rings is 2. The summed E-state index contributed by atoms with van der Waals surface area (Å²) < 4.78 is 1.77. The number of carbonyl (C=O) groups excluding carboxylic acids is 1. The van der Waals surface area contributed by atoms with E-state index in [1.54, 1.807) is 10.6 Å². The number of aromatic nitrogens is 4. The fourth-order valence-corrected chi connectivity index (χ4v) is 7.20. The number of aromatic carboxylic acids is 1. The molecule has 3 aromatic heterocycles. The Kier molecular flexibility index (Phi) is 6.41. The molecule has 4 aromatic rings. The molecule has 0 unspecified atom stereocenters. The normalized spacial score (nSPS) is 23.7. The first-order valence-electron chi connectivity index (χ1n) is 15.1. The molecule has 0 saturated carbocycles. The van der Waals surface area contributed by atoms with E-state index in [2.05, 4.69) is 69.0 Å². The van der Waals surface area contributed by atoms with E-state index in [1.807, 2.05) is 24.1 Å². The predicted octanol–water partition coefficient (Wildman–Crippen LogP) is 4.35. The van der Waals surface area contributed by atoms with Gasteiger partial charge < -0.3 is 19.8 Å². The Labute approximate surface area is 251 Å². The number of carboxylic acids is 1. The van der Waals surface area contributed by atoms with Crippen molar-refractivity contribution in [3.8, 4) is 0 Å². The number of likely N-dealkylation sites (tertiary alicyclic amines) is 1. The fraction of sp³-hybridized carbons (Fsp3) is 0.424. The first-order chi connectivity index (χ1) is 20.6. The minimum absolute atomic E-state index is 0.0430. The summed E-state index contributed by atoms with van der Waals surface area (Å²) >= 11 is 0. The molecular formula is C33H37N7O3. The van der Waals surface area contributed by atoms with Gasteiger partial charge in [0.1, 0.15) is 5.82 Å². The van der Waals surface area contributed by atoms with Crippen LogP contribution in [0.2, 0.25) is 0 Å². The molecule has 0 bridgehead atoms. The zero-order valence-electron chi connectivity index (χ0n) is 25.0. The van der Waals surface area contributed by atoms with Crippen LogP contribution in [0.1, 0.15) is 64.0 Å². The number of nitrogens with zero attached hydrogens (tertiary/aromatic N) is 7. The molecule has 1 aromatic carbocycles. The summed E-state index contributed by atoms with van der Waals surface area (Å²) in [7, 11) is 0. The Bertz CT molecular complexity index is 1730. The maximum Gasteiger partial charge on any atom is 0.354 e. The molecule has 1 amide bonds. The Morgan fingerprint density at radius 1 is 0.884 bits per heavy atom. The van der Waals surface area contributed by atoms with E-state index in [1.165, 1.54) is 17.2 Å². The molecule has 3 saturated heterocycles. The Morgan fingerprint density at radius 3 is 2.44 bits per heavy atom. The van der Waals surface area contributed by atoms with Gasteiger partial charge in [-0.3, -0.25) is 4.79 Å². The van der Waals surface area contributed by atoms with E-state index in [0.29, 0.717) is 24.6 Å². The molecule has 0 aliphatic carbocycles. The van der Waals surface area contributed by atoms with Gasteiger partial charge in [0.2, 0.25) is 5.82 Å². The van der Waals surface area contributed by atoms with E-state index in [-0.39, 0.29) is 28.3 Å². The summed E-state index contributed by atoms with van der Waals surface area (Å²) in [6, 6.07) is 16.1. The molecule has 1 spiro atoms. The van der Waals surface area contributed by atoms with Gasteiger partial charge in [0, 0.05) is 50.1 Å². The molecule has 10 heteroatoms. The number of aryl methyl sites for hydroxylation is 2. The standard InChI is InChI=1S/C33H37N7O3/c1-22-7-9-24(10-8-22)32(3)11-14-37(19-32)25-17-23(2)29-35-28(36-40(29)18-25)30(41)39-16-13-33(21-39)12-15-38(20-33)27-6-4-5-26(34-27)31(42)43/h4-10,17-18H,11-16,19-21H2,1-3H3,(H,42,43)/t32-,33+/m0/s1. The van der Waals surface area contributed by atoms with Crippen LogP contribution < -0.4 is 9.80 Å². The third kappa shape index (κ3) is 4.88. The number of anilines is 2. The van der Waals surface area contributed by atoms with Gasteiger partial charge in [0.15, 0.2) is 11.3 Å². The van der Waals surface area contributed by atoms with Gasteiger partial charge >= 0.3 is 5.97 Å². The predicted molar refractivity (Wildman–Crippen MR) is 164 cm³/mol. The van der Waals surface area contributed by atoms with Gasteiger partial charge in [-0.05, 0) is 62.4 Å². The second-order valence-corrected chi connectivity index (χ2v) is 13.0. The smallest absolute Gasteiger partial charge is 0.354 e. The van der Waals surface area contributed by atoms with Crippen LogP contribution >= 0.6 is 0 Å². The lowest BCUT2D eigenvalue weighted by Gasteiger charge is -2.26. The van der Waals surface area contributed by atoms with Crippen LogP contribution in [-0.2, 0) is 5.41 Å². The zero-order valence-corrected chi connectivity index (χ0v) is 25.0. The monoisotopic (exact) mass is 579 g/mol. The highest BCUT2D eigenvalue weighted by Gasteiger charge is 2.46. The minimum atomic E-state index is -1.03. The average Bonchev–Trinajstić information content (AvgIpc) is 3.80. The van der Waals surface area contributed by atoms with Gasteiger partial charge in [-0.15, -0.1) is 5.10 Å². The van der Waals surface area contributed by atoms with E-state index in [0.717, 1.165) is 56.7 Å². The van der Waals surface area contributed by atoms with Crippen molar-refractivity contribution in [2.45, 2.75) is 45.4 Å². The molecule has 6 heterocycles. The molecule has 3 aliphatic heterocycles. The van der Waals surface area contributed by atoms with E-state index in [9.17, 15) is 14.7 Å². The number of rotatable bonds is 5. The van der Waals surface area contributed by atoms with Gasteiger partial charge in [0.25, 0.3) is 5.91 Å². The topological polar surface area (TPSA) is 107 Å². The van der Waals surface area contributed by atoms with Crippen LogP contribution in [-0.4, -0.2) is 80.7 Å². The summed E-state index contributed by atoms with van der Waals surface area (Å²) in [5.41, 5.74) is 5.52. The van der Waals surface area contributed by atoms with Crippen LogP contribution in [0.3, 0.4) is 0 Å². The van der Waals surface area contributed by atoms with Crippen molar-refractivity contribution in [3.05, 3.63) is 82.9 Å². The maximum atomic E-state index is 13.6. The lowest BCUT2D eigenvalue weighted by molar-refractivity contribution is 0.0689. The third-order valence-corrected chi connectivity index (χ3v) is 9.82. The Balaban J connectivity index is 1.06. The number of fused-ring (bicyclic) bond motifs is 1. The SMILES string of the molecule is Cc1ccc([C@@]2(C)CCN(c3cc(C)c4nc(C(=O)N5CC[C@@]6(CCN(c7cccc(C(=O)O)n7)C6)C5)nn4c3)C2)cc1. The summed E-state index contributed by atoms with van der Waals surface area (Å²) in [4.78, 5) is 40.4. The van der Waals surface area contributed by atoms with Crippen molar-refractivity contribution in [2.24, 2.45) is 5.41 Å². The summed E-state index contributed by atoms with van der Waals surface area (Å²) in [5, 5.41) is 14.0. The van der Waals surface area contributed by atoms with Crippen molar-refractivity contribution in [1.82, 2.24) is 24.5 Å². The fourth-order valence-electron chi connectivity index (χ4n) is 7.20. The molecule has 10 nitrogen and oxygen atoms in total. The molecular weight excluding hydrogens is 542 g/mol. The van der Waals surface area contributed by atoms with Crippen molar-refractivity contribution in [3.63, 3.8) is 0 Å². The zero-order chi connectivity index (χ0) is 29.9. The van der Waals surface area contributed by atoms with Crippen LogP contribution in [0.25, 0.3) is 5.65 Å². The van der Waals surface area contributed by atoms with Crippen LogP contribution in [0.5, 0.6) is 0 Å². The largest absolute Gasteiger partial charge is 0.477 e. The number of carbonyl (C=O) groups is 2. The molecule has 43 heavy (non-hydrogen) atoms.